The number of hydrogen-bond acceptors (Lipinski definition) is 5. The van der Waals surface area contributed by atoms with E-state index >= 15 is 0 Å². The van der Waals surface area contributed by atoms with Gasteiger partial charge < -0.3 is 9.47 Å². The summed E-state index contributed by atoms with van der Waals surface area (Å²) in [6, 6.07) is 8.49. The molecule has 1 heterocycles. The minimum atomic E-state index is -1.08. The summed E-state index contributed by atoms with van der Waals surface area (Å²) in [4.78, 5) is 21.2. The standard InChI is InChI=1S/C11H8ClNO5/c12-9-8(6-13(15)16)18-11(14)10(9)17-7-4-2-1-3-5-7/h1-5,8H,6H2/t8-/m0/s1. The van der Waals surface area contributed by atoms with Crippen LogP contribution < -0.4 is 4.74 Å². The molecule has 18 heavy (non-hydrogen) atoms. The first kappa shape index (κ1) is 12.4. The normalized spacial score (nSPS) is 18.7. The highest BCUT2D eigenvalue weighted by Gasteiger charge is 2.38. The number of cyclic esters (lactones) is 1. The van der Waals surface area contributed by atoms with Crippen LogP contribution >= 0.6 is 11.6 Å². The molecule has 1 aromatic carbocycles. The zero-order chi connectivity index (χ0) is 13.1. The predicted octanol–water partition coefficient (Wildman–Crippen LogP) is 1.72. The first-order valence-electron chi connectivity index (χ1n) is 5.03. The van der Waals surface area contributed by atoms with Crippen molar-refractivity contribution in [2.24, 2.45) is 0 Å². The molecule has 0 amide bonds. The Morgan fingerprint density at radius 3 is 2.67 bits per heavy atom. The number of benzene rings is 1. The molecule has 7 heteroatoms. The minimum absolute atomic E-state index is 0.0828. The topological polar surface area (TPSA) is 78.7 Å². The van der Waals surface area contributed by atoms with Crippen LogP contribution in [-0.2, 0) is 9.53 Å². The summed E-state index contributed by atoms with van der Waals surface area (Å²) in [6.07, 6.45) is -1.08. The number of nitrogens with zero attached hydrogens (tertiary/aromatic N) is 1. The van der Waals surface area contributed by atoms with Gasteiger partial charge in [0.05, 0.1) is 0 Å². The van der Waals surface area contributed by atoms with Gasteiger partial charge in [-0.3, -0.25) is 10.1 Å². The Morgan fingerprint density at radius 1 is 1.39 bits per heavy atom. The molecule has 0 aliphatic carbocycles. The second-order valence-corrected chi connectivity index (χ2v) is 3.91. The molecule has 0 unspecified atom stereocenters. The van der Waals surface area contributed by atoms with E-state index < -0.39 is 23.5 Å². The van der Waals surface area contributed by atoms with Gasteiger partial charge in [-0.25, -0.2) is 4.79 Å². The van der Waals surface area contributed by atoms with Gasteiger partial charge in [0.2, 0.25) is 18.4 Å². The van der Waals surface area contributed by atoms with Crippen LogP contribution in [0.15, 0.2) is 41.1 Å². The maximum absolute atomic E-state index is 11.5. The molecule has 0 aromatic heterocycles. The van der Waals surface area contributed by atoms with Crippen molar-refractivity contribution in [3.05, 3.63) is 51.2 Å². The first-order chi connectivity index (χ1) is 8.58. The number of halogens is 1. The molecule has 1 aromatic rings. The fourth-order valence-electron chi connectivity index (χ4n) is 1.43. The molecule has 0 bridgehead atoms. The molecule has 0 N–H and O–H groups in total. The van der Waals surface area contributed by atoms with E-state index in [0.717, 1.165) is 0 Å². The summed E-state index contributed by atoms with van der Waals surface area (Å²) in [5.74, 6) is -0.588. The van der Waals surface area contributed by atoms with E-state index in [1.54, 1.807) is 30.3 Å². The molecular formula is C11H8ClNO5. The van der Waals surface area contributed by atoms with Crippen LogP contribution in [0.2, 0.25) is 0 Å². The van der Waals surface area contributed by atoms with Gasteiger partial charge in [-0.15, -0.1) is 0 Å². The molecule has 0 spiro atoms. The van der Waals surface area contributed by atoms with Gasteiger partial charge in [-0.1, -0.05) is 29.8 Å². The highest BCUT2D eigenvalue weighted by Crippen LogP contribution is 2.28. The van der Waals surface area contributed by atoms with Crippen LogP contribution in [0.5, 0.6) is 5.75 Å². The molecule has 1 aliphatic rings. The Kier molecular flexibility index (Phi) is 3.47. The number of para-hydroxylation sites is 1. The lowest BCUT2D eigenvalue weighted by Crippen LogP contribution is -2.21. The number of esters is 1. The summed E-state index contributed by atoms with van der Waals surface area (Å²) in [7, 11) is 0. The van der Waals surface area contributed by atoms with Crippen molar-refractivity contribution in [3.63, 3.8) is 0 Å². The maximum Gasteiger partial charge on any atom is 0.376 e. The highest BCUT2D eigenvalue weighted by molar-refractivity contribution is 6.33. The summed E-state index contributed by atoms with van der Waals surface area (Å²) in [5, 5.41) is 10.3. The number of hydrogen-bond donors (Lipinski definition) is 0. The Labute approximate surface area is 107 Å². The van der Waals surface area contributed by atoms with Crippen molar-refractivity contribution in [2.45, 2.75) is 6.10 Å². The Morgan fingerprint density at radius 2 is 2.06 bits per heavy atom. The lowest BCUT2D eigenvalue weighted by Gasteiger charge is -2.03. The van der Waals surface area contributed by atoms with E-state index in [0.29, 0.717) is 5.75 Å². The van der Waals surface area contributed by atoms with Crippen LogP contribution in [0.1, 0.15) is 0 Å². The van der Waals surface area contributed by atoms with Crippen molar-refractivity contribution >= 4 is 17.6 Å². The lowest BCUT2D eigenvalue weighted by atomic mass is 10.3. The third-order valence-electron chi connectivity index (χ3n) is 2.21. The number of carbonyl (C=O) groups excluding carboxylic acids is 1. The Bertz CT molecular complexity index is 513. The monoisotopic (exact) mass is 269 g/mol. The molecule has 0 radical (unpaired) electrons. The van der Waals surface area contributed by atoms with Crippen molar-refractivity contribution in [3.8, 4) is 5.75 Å². The maximum atomic E-state index is 11.5. The minimum Gasteiger partial charge on any atom is -0.448 e. The molecule has 1 atom stereocenters. The quantitative estimate of drug-likeness (QED) is 0.472. The average molecular weight is 270 g/mol. The molecule has 6 nitrogen and oxygen atoms in total. The zero-order valence-corrected chi connectivity index (χ0v) is 9.79. The molecule has 2 rings (SSSR count). The fraction of sp³-hybridized carbons (Fsp3) is 0.182. The number of rotatable bonds is 4. The van der Waals surface area contributed by atoms with Crippen LogP contribution in [0.25, 0.3) is 0 Å². The van der Waals surface area contributed by atoms with Crippen molar-refractivity contribution < 1.29 is 19.2 Å². The third kappa shape index (κ3) is 2.60. The second-order valence-electron chi connectivity index (χ2n) is 3.50. The molecular weight excluding hydrogens is 262 g/mol. The van der Waals surface area contributed by atoms with Crippen LogP contribution in [0.4, 0.5) is 0 Å². The summed E-state index contributed by atoms with van der Waals surface area (Å²) in [6.45, 7) is -0.577. The average Bonchev–Trinajstić information content (AvgIpc) is 2.58. The van der Waals surface area contributed by atoms with Crippen LogP contribution in [0, 0.1) is 10.1 Å². The van der Waals surface area contributed by atoms with Gasteiger partial charge in [0.1, 0.15) is 10.8 Å². The molecule has 0 saturated heterocycles. The molecule has 0 fully saturated rings. The van der Waals surface area contributed by atoms with E-state index in [4.69, 9.17) is 21.1 Å². The van der Waals surface area contributed by atoms with Gasteiger partial charge in [-0.2, -0.15) is 0 Å². The molecule has 1 aliphatic heterocycles. The summed E-state index contributed by atoms with van der Waals surface area (Å²) >= 11 is 5.84. The third-order valence-corrected chi connectivity index (χ3v) is 2.63. The van der Waals surface area contributed by atoms with E-state index in [9.17, 15) is 14.9 Å². The molecule has 0 saturated carbocycles. The smallest absolute Gasteiger partial charge is 0.376 e. The van der Waals surface area contributed by atoms with Gasteiger partial charge in [0.15, 0.2) is 0 Å². The van der Waals surface area contributed by atoms with Gasteiger partial charge in [0.25, 0.3) is 0 Å². The van der Waals surface area contributed by atoms with E-state index in [1.807, 2.05) is 0 Å². The van der Waals surface area contributed by atoms with Crippen molar-refractivity contribution in [1.82, 2.24) is 0 Å². The highest BCUT2D eigenvalue weighted by atomic mass is 35.5. The number of carbonyl (C=O) groups is 1. The number of ether oxygens (including phenoxy) is 2. The first-order valence-corrected chi connectivity index (χ1v) is 5.41. The van der Waals surface area contributed by atoms with Crippen LogP contribution in [-0.4, -0.2) is 23.5 Å². The van der Waals surface area contributed by atoms with Crippen molar-refractivity contribution in [2.75, 3.05) is 6.54 Å². The van der Waals surface area contributed by atoms with Crippen molar-refractivity contribution in [1.29, 1.82) is 0 Å². The van der Waals surface area contributed by atoms with Gasteiger partial charge in [0, 0.05) is 4.92 Å². The van der Waals surface area contributed by atoms with Gasteiger partial charge >= 0.3 is 5.97 Å². The Hall–Kier alpha value is -2.08. The number of nitro groups is 1. The SMILES string of the molecule is O=C1O[C@@H](C[N+](=O)[O-])C(Cl)=C1Oc1ccccc1. The largest absolute Gasteiger partial charge is 0.448 e. The molecule has 94 valence electrons. The Balaban J connectivity index is 2.18. The zero-order valence-electron chi connectivity index (χ0n) is 9.04. The summed E-state index contributed by atoms with van der Waals surface area (Å²) < 4.78 is 10.0. The fourth-order valence-corrected chi connectivity index (χ4v) is 1.66. The van der Waals surface area contributed by atoms with Gasteiger partial charge in [-0.05, 0) is 12.1 Å². The predicted molar refractivity (Wildman–Crippen MR) is 61.7 cm³/mol. The van der Waals surface area contributed by atoms with E-state index in [-0.39, 0.29) is 10.8 Å². The lowest BCUT2D eigenvalue weighted by molar-refractivity contribution is -0.487. The van der Waals surface area contributed by atoms with E-state index in [1.165, 1.54) is 0 Å². The van der Waals surface area contributed by atoms with Crippen LogP contribution in [0.3, 0.4) is 0 Å². The second kappa shape index (κ2) is 5.05. The van der Waals surface area contributed by atoms with E-state index in [2.05, 4.69) is 0 Å². The summed E-state index contributed by atoms with van der Waals surface area (Å²) in [5.41, 5.74) is 0.